The number of nitrogens with two attached hydrogens (primary N) is 1. The van der Waals surface area contributed by atoms with Crippen LogP contribution in [0.1, 0.15) is 45.1 Å². The number of aliphatic imine (C=N–C) groups is 1. The number of nitrogens with zero attached hydrogens (tertiary/aromatic N) is 3. The molecule has 0 aliphatic carbocycles. The van der Waals surface area contributed by atoms with Crippen molar-refractivity contribution in [2.24, 2.45) is 10.7 Å². The van der Waals surface area contributed by atoms with Crippen molar-refractivity contribution < 1.29 is 8.42 Å². The molecule has 1 saturated heterocycles. The fraction of sp³-hybridized carbons (Fsp3) is 0.611. The Kier molecular flexibility index (Phi) is 6.84. The van der Waals surface area contributed by atoms with Crippen LogP contribution in [-0.2, 0) is 16.6 Å². The zero-order chi connectivity index (χ0) is 18.4. The largest absolute Gasteiger partial charge is 0.370 e. The minimum atomic E-state index is -3.44. The van der Waals surface area contributed by atoms with Crippen molar-refractivity contribution in [3.63, 3.8) is 0 Å². The van der Waals surface area contributed by atoms with E-state index in [9.17, 15) is 8.42 Å². The Balaban J connectivity index is 2.04. The van der Waals surface area contributed by atoms with E-state index >= 15 is 0 Å². The van der Waals surface area contributed by atoms with Gasteiger partial charge in [-0.2, -0.15) is 4.31 Å². The Morgan fingerprint density at radius 3 is 2.24 bits per heavy atom. The van der Waals surface area contributed by atoms with Gasteiger partial charge >= 0.3 is 0 Å². The van der Waals surface area contributed by atoms with Crippen LogP contribution >= 0.6 is 0 Å². The molecule has 1 aliphatic rings. The SMILES string of the molecule is CC(C)N(C)S(=O)(=O)c1ccc(CN=C(N)N2CCCCCC2)cc1. The summed E-state index contributed by atoms with van der Waals surface area (Å²) >= 11 is 0. The average molecular weight is 367 g/mol. The quantitative estimate of drug-likeness (QED) is 0.641. The molecule has 1 aromatic carbocycles. The highest BCUT2D eigenvalue weighted by atomic mass is 32.2. The lowest BCUT2D eigenvalue weighted by Gasteiger charge is -2.21. The Labute approximate surface area is 151 Å². The van der Waals surface area contributed by atoms with E-state index in [-0.39, 0.29) is 6.04 Å². The van der Waals surface area contributed by atoms with Crippen molar-refractivity contribution in [1.29, 1.82) is 0 Å². The number of hydrogen-bond acceptors (Lipinski definition) is 3. The van der Waals surface area contributed by atoms with Gasteiger partial charge in [-0.1, -0.05) is 25.0 Å². The fourth-order valence-electron chi connectivity index (χ4n) is 2.78. The van der Waals surface area contributed by atoms with Gasteiger partial charge in [0.15, 0.2) is 5.96 Å². The summed E-state index contributed by atoms with van der Waals surface area (Å²) in [5, 5.41) is 0. The van der Waals surface area contributed by atoms with Crippen molar-refractivity contribution in [2.45, 2.75) is 57.0 Å². The standard InChI is InChI=1S/C18H30N4O2S/c1-15(2)21(3)25(23,24)17-10-8-16(9-11-17)14-20-18(19)22-12-6-4-5-7-13-22/h8-11,15H,4-7,12-14H2,1-3H3,(H2,19,20). The maximum atomic E-state index is 12.5. The minimum absolute atomic E-state index is 0.0808. The van der Waals surface area contributed by atoms with Crippen molar-refractivity contribution >= 4 is 16.0 Å². The molecule has 1 aromatic rings. The molecule has 2 N–H and O–H groups in total. The molecular formula is C18H30N4O2S. The molecule has 7 heteroatoms. The minimum Gasteiger partial charge on any atom is -0.370 e. The van der Waals surface area contributed by atoms with Crippen molar-refractivity contribution in [3.8, 4) is 0 Å². The van der Waals surface area contributed by atoms with Crippen LogP contribution in [0.25, 0.3) is 0 Å². The Bertz CT molecular complexity index is 676. The molecule has 0 saturated carbocycles. The van der Waals surface area contributed by atoms with Crippen molar-refractivity contribution in [2.75, 3.05) is 20.1 Å². The van der Waals surface area contributed by atoms with E-state index in [0.717, 1.165) is 31.5 Å². The molecule has 6 nitrogen and oxygen atoms in total. The number of guanidine groups is 1. The van der Waals surface area contributed by atoms with Gasteiger partial charge in [0.25, 0.3) is 0 Å². The second-order valence-corrected chi connectivity index (χ2v) is 8.83. The smallest absolute Gasteiger partial charge is 0.243 e. The monoisotopic (exact) mass is 366 g/mol. The van der Waals surface area contributed by atoms with Gasteiger partial charge in [0.2, 0.25) is 10.0 Å². The van der Waals surface area contributed by atoms with Gasteiger partial charge in [0, 0.05) is 26.2 Å². The fourth-order valence-corrected chi connectivity index (χ4v) is 4.15. The zero-order valence-electron chi connectivity index (χ0n) is 15.5. The maximum absolute atomic E-state index is 12.5. The van der Waals surface area contributed by atoms with Crippen LogP contribution < -0.4 is 5.73 Å². The Morgan fingerprint density at radius 1 is 1.16 bits per heavy atom. The van der Waals surface area contributed by atoms with Crippen molar-refractivity contribution in [1.82, 2.24) is 9.21 Å². The first-order valence-electron chi connectivity index (χ1n) is 8.94. The molecule has 0 radical (unpaired) electrons. The van der Waals surface area contributed by atoms with Gasteiger partial charge in [-0.05, 0) is 44.4 Å². The molecule has 25 heavy (non-hydrogen) atoms. The van der Waals surface area contributed by atoms with Gasteiger partial charge in [-0.15, -0.1) is 0 Å². The molecule has 1 heterocycles. The normalized spacial score (nSPS) is 17.2. The van der Waals surface area contributed by atoms with Crippen LogP contribution in [0.5, 0.6) is 0 Å². The highest BCUT2D eigenvalue weighted by Gasteiger charge is 2.22. The molecule has 0 atom stereocenters. The Morgan fingerprint density at radius 2 is 1.72 bits per heavy atom. The van der Waals surface area contributed by atoms with E-state index in [1.165, 1.54) is 17.1 Å². The van der Waals surface area contributed by atoms with Crippen LogP contribution in [0.2, 0.25) is 0 Å². The molecular weight excluding hydrogens is 336 g/mol. The van der Waals surface area contributed by atoms with Gasteiger partial charge in [0.05, 0.1) is 11.4 Å². The first-order chi connectivity index (χ1) is 11.8. The summed E-state index contributed by atoms with van der Waals surface area (Å²) in [4.78, 5) is 6.92. The highest BCUT2D eigenvalue weighted by Crippen LogP contribution is 2.17. The van der Waals surface area contributed by atoms with Crippen LogP contribution in [0, 0.1) is 0 Å². The van der Waals surface area contributed by atoms with Gasteiger partial charge < -0.3 is 10.6 Å². The van der Waals surface area contributed by atoms with Gasteiger partial charge in [-0.3, -0.25) is 0 Å². The second-order valence-electron chi connectivity index (χ2n) is 6.83. The van der Waals surface area contributed by atoms with E-state index in [1.54, 1.807) is 31.3 Å². The summed E-state index contributed by atoms with van der Waals surface area (Å²) in [7, 11) is -1.85. The topological polar surface area (TPSA) is 79.0 Å². The molecule has 0 amide bonds. The molecule has 0 unspecified atom stereocenters. The third kappa shape index (κ3) is 5.19. The lowest BCUT2D eigenvalue weighted by Crippen LogP contribution is -2.38. The highest BCUT2D eigenvalue weighted by molar-refractivity contribution is 7.89. The Hall–Kier alpha value is -1.60. The second kappa shape index (κ2) is 8.67. The van der Waals surface area contributed by atoms with E-state index in [4.69, 9.17) is 5.73 Å². The molecule has 1 fully saturated rings. The molecule has 2 rings (SSSR count). The van der Waals surface area contributed by atoms with Crippen LogP contribution in [0.3, 0.4) is 0 Å². The summed E-state index contributed by atoms with van der Waals surface area (Å²) < 4.78 is 26.3. The molecule has 0 aromatic heterocycles. The molecule has 1 aliphatic heterocycles. The maximum Gasteiger partial charge on any atom is 0.243 e. The number of likely N-dealkylation sites (tertiary alicyclic amines) is 1. The summed E-state index contributed by atoms with van der Waals surface area (Å²) in [5.74, 6) is 0.582. The summed E-state index contributed by atoms with van der Waals surface area (Å²) in [5.41, 5.74) is 7.06. The van der Waals surface area contributed by atoms with E-state index < -0.39 is 10.0 Å². The average Bonchev–Trinajstić information content (AvgIpc) is 2.88. The number of hydrogen-bond donors (Lipinski definition) is 1. The number of benzene rings is 1. The van der Waals surface area contributed by atoms with E-state index in [2.05, 4.69) is 9.89 Å². The molecule has 0 bridgehead atoms. The van der Waals surface area contributed by atoms with Gasteiger partial charge in [-0.25, -0.2) is 13.4 Å². The van der Waals surface area contributed by atoms with E-state index in [0.29, 0.717) is 17.4 Å². The third-order valence-electron chi connectivity index (χ3n) is 4.68. The molecule has 140 valence electrons. The summed E-state index contributed by atoms with van der Waals surface area (Å²) in [6, 6.07) is 6.81. The predicted molar refractivity (Wildman–Crippen MR) is 102 cm³/mol. The summed E-state index contributed by atoms with van der Waals surface area (Å²) in [6.07, 6.45) is 4.83. The third-order valence-corrected chi connectivity index (χ3v) is 6.73. The van der Waals surface area contributed by atoms with Crippen LogP contribution in [-0.4, -0.2) is 49.8 Å². The number of sulfonamides is 1. The lowest BCUT2D eigenvalue weighted by atomic mass is 10.2. The zero-order valence-corrected chi connectivity index (χ0v) is 16.3. The van der Waals surface area contributed by atoms with E-state index in [1.807, 2.05) is 13.8 Å². The summed E-state index contributed by atoms with van der Waals surface area (Å²) in [6.45, 7) is 6.10. The van der Waals surface area contributed by atoms with Gasteiger partial charge in [0.1, 0.15) is 0 Å². The first-order valence-corrected chi connectivity index (χ1v) is 10.4. The van der Waals surface area contributed by atoms with Crippen molar-refractivity contribution in [3.05, 3.63) is 29.8 Å². The first kappa shape index (κ1) is 19.7. The lowest BCUT2D eigenvalue weighted by molar-refractivity contribution is 0.410. The predicted octanol–water partition coefficient (Wildman–Crippen LogP) is 2.41. The van der Waals surface area contributed by atoms with Crippen LogP contribution in [0.4, 0.5) is 0 Å². The van der Waals surface area contributed by atoms with Crippen LogP contribution in [0.15, 0.2) is 34.2 Å². The number of rotatable bonds is 5. The molecule has 0 spiro atoms.